The molecule has 1 aromatic rings. The quantitative estimate of drug-likeness (QED) is 0.727. The highest BCUT2D eigenvalue weighted by Gasteiger charge is 2.23. The number of aryl methyl sites for hydroxylation is 3. The van der Waals surface area contributed by atoms with Gasteiger partial charge in [0.25, 0.3) is 0 Å². The fourth-order valence-electron chi connectivity index (χ4n) is 2.49. The molecular weight excluding hydrogens is 196 g/mol. The minimum absolute atomic E-state index is 0.0816. The molecule has 0 spiro atoms. The average Bonchev–Trinajstić information content (AvgIpc) is 2.64. The van der Waals surface area contributed by atoms with Gasteiger partial charge in [0.05, 0.1) is 6.61 Å². The van der Waals surface area contributed by atoms with Gasteiger partial charge in [-0.05, 0) is 43.0 Å². The Kier molecular flexibility index (Phi) is 2.97. The Morgan fingerprint density at radius 1 is 1.25 bits per heavy atom. The molecule has 84 valence electrons. The second-order valence-electron chi connectivity index (χ2n) is 4.43. The van der Waals surface area contributed by atoms with Gasteiger partial charge in [0.2, 0.25) is 0 Å². The van der Waals surface area contributed by atoms with Gasteiger partial charge >= 0.3 is 0 Å². The molecule has 1 heteroatoms. The maximum Gasteiger partial charge on any atom is 0.108 e. The third-order valence-electron chi connectivity index (χ3n) is 3.12. The summed E-state index contributed by atoms with van der Waals surface area (Å²) in [4.78, 5) is 0. The zero-order valence-corrected chi connectivity index (χ0v) is 10.2. The zero-order valence-electron chi connectivity index (χ0n) is 10.2. The summed E-state index contributed by atoms with van der Waals surface area (Å²) >= 11 is 0. The molecule has 1 unspecified atom stereocenters. The first kappa shape index (κ1) is 11.2. The fourth-order valence-corrected chi connectivity index (χ4v) is 2.49. The highest BCUT2D eigenvalue weighted by molar-refractivity contribution is 5.45. The molecule has 1 aliphatic heterocycles. The van der Waals surface area contributed by atoms with Gasteiger partial charge < -0.3 is 4.74 Å². The van der Waals surface area contributed by atoms with Gasteiger partial charge in [0.15, 0.2) is 0 Å². The van der Waals surface area contributed by atoms with Crippen molar-refractivity contribution >= 4 is 0 Å². The van der Waals surface area contributed by atoms with E-state index in [0.717, 1.165) is 0 Å². The maximum absolute atomic E-state index is 5.78. The minimum Gasteiger partial charge on any atom is -0.365 e. The average molecular weight is 214 g/mol. The lowest BCUT2D eigenvalue weighted by molar-refractivity contribution is 0.124. The summed E-state index contributed by atoms with van der Waals surface area (Å²) in [6.45, 7) is 11.0. The van der Waals surface area contributed by atoms with Gasteiger partial charge in [0.1, 0.15) is 6.10 Å². The fraction of sp³-hybridized carbons (Fsp3) is 0.333. The second-order valence-corrected chi connectivity index (χ2v) is 4.43. The zero-order chi connectivity index (χ0) is 11.7. The molecule has 0 aliphatic carbocycles. The minimum atomic E-state index is 0.0816. The Hall–Kier alpha value is -1.34. The molecule has 0 amide bonds. The lowest BCUT2D eigenvalue weighted by atomic mass is 9.92. The SMILES string of the molecule is C=CC1=CCOC1c1c(C)cc(C)cc1C. The van der Waals surface area contributed by atoms with Crippen molar-refractivity contribution in [3.05, 3.63) is 58.7 Å². The molecule has 0 N–H and O–H groups in total. The van der Waals surface area contributed by atoms with Crippen LogP contribution < -0.4 is 0 Å². The van der Waals surface area contributed by atoms with Gasteiger partial charge in [-0.1, -0.05) is 36.4 Å². The predicted molar refractivity (Wildman–Crippen MR) is 67.6 cm³/mol. The predicted octanol–water partition coefficient (Wildman–Crippen LogP) is 3.80. The smallest absolute Gasteiger partial charge is 0.108 e. The van der Waals surface area contributed by atoms with E-state index in [-0.39, 0.29) is 6.10 Å². The normalized spacial score (nSPS) is 19.7. The number of hydrogen-bond donors (Lipinski definition) is 0. The van der Waals surface area contributed by atoms with E-state index in [2.05, 4.69) is 45.6 Å². The first-order chi connectivity index (χ1) is 7.63. The summed E-state index contributed by atoms with van der Waals surface area (Å²) in [6, 6.07) is 4.43. The second kappa shape index (κ2) is 4.26. The largest absolute Gasteiger partial charge is 0.365 e. The van der Waals surface area contributed by atoms with Crippen molar-refractivity contribution in [2.45, 2.75) is 26.9 Å². The third-order valence-corrected chi connectivity index (χ3v) is 3.12. The van der Waals surface area contributed by atoms with Crippen LogP contribution in [0.25, 0.3) is 0 Å². The van der Waals surface area contributed by atoms with E-state index in [4.69, 9.17) is 4.74 Å². The van der Waals surface area contributed by atoms with Crippen LogP contribution in [0.15, 0.2) is 36.4 Å². The summed E-state index contributed by atoms with van der Waals surface area (Å²) < 4.78 is 5.78. The van der Waals surface area contributed by atoms with E-state index in [9.17, 15) is 0 Å². The summed E-state index contributed by atoms with van der Waals surface area (Å²) in [5, 5.41) is 0. The lowest BCUT2D eigenvalue weighted by Gasteiger charge is -2.19. The molecule has 1 aliphatic rings. The van der Waals surface area contributed by atoms with Gasteiger partial charge in [-0.15, -0.1) is 0 Å². The van der Waals surface area contributed by atoms with Crippen LogP contribution in [-0.2, 0) is 4.74 Å². The van der Waals surface area contributed by atoms with E-state index in [1.54, 1.807) is 0 Å². The third kappa shape index (κ3) is 1.83. The van der Waals surface area contributed by atoms with Crippen LogP contribution in [0.3, 0.4) is 0 Å². The number of ether oxygens (including phenoxy) is 1. The van der Waals surface area contributed by atoms with Crippen LogP contribution in [0, 0.1) is 20.8 Å². The Morgan fingerprint density at radius 2 is 1.88 bits per heavy atom. The first-order valence-electron chi connectivity index (χ1n) is 5.65. The molecule has 0 bridgehead atoms. The van der Waals surface area contributed by atoms with Gasteiger partial charge in [-0.2, -0.15) is 0 Å². The number of rotatable bonds is 2. The lowest BCUT2D eigenvalue weighted by Crippen LogP contribution is -2.05. The molecule has 0 saturated heterocycles. The topological polar surface area (TPSA) is 9.23 Å². The molecule has 0 radical (unpaired) electrons. The van der Waals surface area contributed by atoms with Crippen molar-refractivity contribution in [3.8, 4) is 0 Å². The van der Waals surface area contributed by atoms with Crippen LogP contribution in [0.2, 0.25) is 0 Å². The summed E-state index contributed by atoms with van der Waals surface area (Å²) in [5.74, 6) is 0. The molecule has 1 nitrogen and oxygen atoms in total. The molecule has 2 rings (SSSR count). The van der Waals surface area contributed by atoms with E-state index in [1.165, 1.54) is 27.8 Å². The van der Waals surface area contributed by atoms with Crippen LogP contribution in [0.5, 0.6) is 0 Å². The highest BCUT2D eigenvalue weighted by Crippen LogP contribution is 2.35. The standard InChI is InChI=1S/C15H18O/c1-5-13-6-7-16-15(13)14-11(3)8-10(2)9-12(14)4/h5-6,8-9,15H,1,7H2,2-4H3. The first-order valence-corrected chi connectivity index (χ1v) is 5.65. The molecule has 1 atom stereocenters. The van der Waals surface area contributed by atoms with Crippen molar-refractivity contribution < 1.29 is 4.74 Å². The van der Waals surface area contributed by atoms with Crippen molar-refractivity contribution in [2.24, 2.45) is 0 Å². The Morgan fingerprint density at radius 3 is 2.44 bits per heavy atom. The number of benzene rings is 1. The van der Waals surface area contributed by atoms with Crippen molar-refractivity contribution in [3.63, 3.8) is 0 Å². The van der Waals surface area contributed by atoms with Crippen LogP contribution in [0.1, 0.15) is 28.4 Å². The molecular formula is C15H18O. The van der Waals surface area contributed by atoms with Crippen molar-refractivity contribution in [1.82, 2.24) is 0 Å². The van der Waals surface area contributed by atoms with E-state index in [1.807, 2.05) is 6.08 Å². The summed E-state index contributed by atoms with van der Waals surface area (Å²) in [7, 11) is 0. The summed E-state index contributed by atoms with van der Waals surface area (Å²) in [6.07, 6.45) is 4.09. The van der Waals surface area contributed by atoms with Crippen LogP contribution in [-0.4, -0.2) is 6.61 Å². The van der Waals surface area contributed by atoms with Gasteiger partial charge in [-0.3, -0.25) is 0 Å². The van der Waals surface area contributed by atoms with Gasteiger partial charge in [0, 0.05) is 0 Å². The number of hydrogen-bond acceptors (Lipinski definition) is 1. The molecule has 0 fully saturated rings. The molecule has 0 aromatic heterocycles. The molecule has 0 saturated carbocycles. The molecule has 1 heterocycles. The molecule has 16 heavy (non-hydrogen) atoms. The Labute approximate surface area is 97.4 Å². The monoisotopic (exact) mass is 214 g/mol. The van der Waals surface area contributed by atoms with Crippen LogP contribution in [0.4, 0.5) is 0 Å². The summed E-state index contributed by atoms with van der Waals surface area (Å²) in [5.41, 5.74) is 6.40. The van der Waals surface area contributed by atoms with Crippen molar-refractivity contribution in [1.29, 1.82) is 0 Å². The maximum atomic E-state index is 5.78. The Balaban J connectivity index is 2.48. The van der Waals surface area contributed by atoms with E-state index >= 15 is 0 Å². The van der Waals surface area contributed by atoms with Gasteiger partial charge in [-0.25, -0.2) is 0 Å². The molecule has 1 aromatic carbocycles. The Bertz CT molecular complexity index is 431. The van der Waals surface area contributed by atoms with Crippen LogP contribution >= 0.6 is 0 Å². The highest BCUT2D eigenvalue weighted by atomic mass is 16.5. The van der Waals surface area contributed by atoms with Crippen molar-refractivity contribution in [2.75, 3.05) is 6.61 Å². The van der Waals surface area contributed by atoms with E-state index in [0.29, 0.717) is 6.61 Å². The van der Waals surface area contributed by atoms with E-state index < -0.39 is 0 Å².